The van der Waals surface area contributed by atoms with E-state index in [0.29, 0.717) is 23.3 Å². The average molecular weight is 479 g/mol. The van der Waals surface area contributed by atoms with E-state index >= 15 is 0 Å². The predicted molar refractivity (Wildman–Crippen MR) is 126 cm³/mol. The molecule has 1 fully saturated rings. The molecule has 2 heterocycles. The van der Waals surface area contributed by atoms with Gasteiger partial charge in [-0.15, -0.1) is 0 Å². The van der Waals surface area contributed by atoms with Crippen molar-refractivity contribution >= 4 is 11.0 Å². The number of hydrogen-bond acceptors (Lipinski definition) is 8. The van der Waals surface area contributed by atoms with Crippen molar-refractivity contribution in [3.63, 3.8) is 0 Å². The summed E-state index contributed by atoms with van der Waals surface area (Å²) in [4.78, 5) is 15.2. The number of fused-ring (bicyclic) bond motifs is 1. The lowest BCUT2D eigenvalue weighted by molar-refractivity contribution is -0.364. The maximum absolute atomic E-state index is 10.3. The first-order chi connectivity index (χ1) is 17.0. The molecule has 1 aromatic heterocycles. The number of para-hydroxylation sites is 1. The number of imidazole rings is 1. The van der Waals surface area contributed by atoms with Gasteiger partial charge < -0.3 is 34.6 Å². The van der Waals surface area contributed by atoms with Gasteiger partial charge in [0.2, 0.25) is 0 Å². The molecule has 1 aliphatic heterocycles. The summed E-state index contributed by atoms with van der Waals surface area (Å²) in [6.45, 7) is -0.0334. The van der Waals surface area contributed by atoms with Crippen LogP contribution in [0.15, 0.2) is 79.1 Å². The highest BCUT2D eigenvalue weighted by Crippen LogP contribution is 2.29. The van der Waals surface area contributed by atoms with Gasteiger partial charge in [0.05, 0.1) is 18.5 Å². The first kappa shape index (κ1) is 23.4. The van der Waals surface area contributed by atoms with Crippen LogP contribution in [0.25, 0.3) is 22.2 Å². The quantitative estimate of drug-likeness (QED) is 0.234. The van der Waals surface area contributed by atoms with Crippen LogP contribution in [0.1, 0.15) is 5.56 Å². The second-order valence-corrected chi connectivity index (χ2v) is 8.43. The van der Waals surface area contributed by atoms with E-state index in [1.54, 1.807) is 18.5 Å². The second-order valence-electron chi connectivity index (χ2n) is 8.43. The molecule has 3 aromatic carbocycles. The summed E-state index contributed by atoms with van der Waals surface area (Å²) in [5, 5.41) is 39.7. The maximum Gasteiger partial charge on any atom is 0.191 e. The van der Waals surface area contributed by atoms with E-state index in [4.69, 9.17) is 14.5 Å². The van der Waals surface area contributed by atoms with E-state index in [9.17, 15) is 20.4 Å². The highest BCUT2D eigenvalue weighted by Gasteiger charge is 2.45. The highest BCUT2D eigenvalue weighted by atomic mass is 17.2. The van der Waals surface area contributed by atoms with Crippen LogP contribution in [0.4, 0.5) is 0 Å². The van der Waals surface area contributed by atoms with Gasteiger partial charge in [0, 0.05) is 6.54 Å². The molecule has 0 saturated carbocycles. The Morgan fingerprint density at radius 2 is 1.60 bits per heavy atom. The molecule has 4 aromatic rings. The van der Waals surface area contributed by atoms with Gasteiger partial charge in [-0.05, 0) is 28.8 Å². The van der Waals surface area contributed by atoms with Crippen LogP contribution < -0.4 is 4.89 Å². The van der Waals surface area contributed by atoms with Crippen molar-refractivity contribution in [3.8, 4) is 16.9 Å². The number of aliphatic hydroxyl groups is 4. The van der Waals surface area contributed by atoms with Gasteiger partial charge in [0.25, 0.3) is 0 Å². The van der Waals surface area contributed by atoms with Crippen LogP contribution in [0.3, 0.4) is 0 Å². The lowest BCUT2D eigenvalue weighted by Crippen LogP contribution is -2.59. The topological polar surface area (TPSA) is 126 Å². The summed E-state index contributed by atoms with van der Waals surface area (Å²) < 4.78 is 7.02. The number of rotatable bonds is 7. The molecular weight excluding hydrogens is 452 g/mol. The minimum absolute atomic E-state index is 0.319. The summed E-state index contributed by atoms with van der Waals surface area (Å²) in [5.41, 5.74) is 4.66. The fourth-order valence-electron chi connectivity index (χ4n) is 4.19. The van der Waals surface area contributed by atoms with E-state index in [-0.39, 0.29) is 0 Å². The Kier molecular flexibility index (Phi) is 6.78. The molecule has 35 heavy (non-hydrogen) atoms. The van der Waals surface area contributed by atoms with Crippen LogP contribution in [-0.2, 0) is 16.2 Å². The molecule has 9 heteroatoms. The van der Waals surface area contributed by atoms with Crippen molar-refractivity contribution in [2.75, 3.05) is 6.61 Å². The molecule has 1 unspecified atom stereocenters. The number of ether oxygens (including phenoxy) is 1. The van der Waals surface area contributed by atoms with Crippen molar-refractivity contribution in [2.24, 2.45) is 0 Å². The normalized spacial score (nSPS) is 24.5. The van der Waals surface area contributed by atoms with Crippen LogP contribution in [0.2, 0.25) is 0 Å². The van der Waals surface area contributed by atoms with Crippen molar-refractivity contribution < 1.29 is 34.9 Å². The van der Waals surface area contributed by atoms with E-state index in [1.165, 1.54) is 0 Å². The van der Waals surface area contributed by atoms with Gasteiger partial charge in [-0.25, -0.2) is 4.98 Å². The first-order valence-corrected chi connectivity index (χ1v) is 11.3. The minimum atomic E-state index is -1.60. The molecule has 1 saturated heterocycles. The Balaban J connectivity index is 1.34. The number of benzene rings is 3. The molecule has 0 radical (unpaired) electrons. The molecule has 9 nitrogen and oxygen atoms in total. The Bertz CT molecular complexity index is 1260. The smallest absolute Gasteiger partial charge is 0.191 e. The van der Waals surface area contributed by atoms with E-state index in [1.807, 2.05) is 28.8 Å². The number of aliphatic hydroxyl groups excluding tert-OH is 4. The van der Waals surface area contributed by atoms with Gasteiger partial charge >= 0.3 is 0 Å². The van der Waals surface area contributed by atoms with Crippen LogP contribution in [0, 0.1) is 0 Å². The fraction of sp³-hybridized carbons (Fsp3) is 0.269. The molecule has 0 aliphatic carbocycles. The van der Waals surface area contributed by atoms with E-state index in [2.05, 4.69) is 41.4 Å². The number of hydrogen-bond donors (Lipinski definition) is 4. The van der Waals surface area contributed by atoms with Gasteiger partial charge in [0.1, 0.15) is 23.8 Å². The zero-order chi connectivity index (χ0) is 24.4. The molecular formula is C26H26N2O7. The lowest BCUT2D eigenvalue weighted by atomic mass is 9.99. The van der Waals surface area contributed by atoms with E-state index < -0.39 is 37.3 Å². The summed E-state index contributed by atoms with van der Waals surface area (Å²) in [7, 11) is 0. The Labute approximate surface area is 201 Å². The summed E-state index contributed by atoms with van der Waals surface area (Å²) >= 11 is 0. The van der Waals surface area contributed by atoms with Crippen LogP contribution >= 0.6 is 0 Å². The first-order valence-electron chi connectivity index (χ1n) is 11.3. The van der Waals surface area contributed by atoms with Gasteiger partial charge in [-0.2, -0.15) is 4.89 Å². The predicted octanol–water partition coefficient (Wildman–Crippen LogP) is 1.86. The zero-order valence-corrected chi connectivity index (χ0v) is 18.7. The maximum atomic E-state index is 10.3. The summed E-state index contributed by atoms with van der Waals surface area (Å²) in [6.07, 6.45) is -5.38. The molecule has 4 N–H and O–H groups in total. The van der Waals surface area contributed by atoms with Crippen LogP contribution in [-0.4, -0.2) is 67.3 Å². The molecule has 5 atom stereocenters. The molecule has 0 bridgehead atoms. The molecule has 0 spiro atoms. The third kappa shape index (κ3) is 4.78. The third-order valence-corrected chi connectivity index (χ3v) is 6.11. The Morgan fingerprint density at radius 3 is 2.34 bits per heavy atom. The van der Waals surface area contributed by atoms with Gasteiger partial charge in [-0.3, -0.25) is 0 Å². The fourth-order valence-corrected chi connectivity index (χ4v) is 4.19. The van der Waals surface area contributed by atoms with Gasteiger partial charge in [-0.1, -0.05) is 60.7 Å². The minimum Gasteiger partial charge on any atom is -0.394 e. The van der Waals surface area contributed by atoms with E-state index in [0.717, 1.165) is 16.7 Å². The van der Waals surface area contributed by atoms with Crippen molar-refractivity contribution in [3.05, 3.63) is 84.7 Å². The number of nitrogens with zero attached hydrogens (tertiary/aromatic N) is 2. The summed E-state index contributed by atoms with van der Waals surface area (Å²) in [5.74, 6) is 0.319. The van der Waals surface area contributed by atoms with Crippen molar-refractivity contribution in [2.45, 2.75) is 37.3 Å². The number of aromatic nitrogens is 2. The molecule has 1 aliphatic rings. The summed E-state index contributed by atoms with van der Waals surface area (Å²) in [6, 6.07) is 23.6. The SMILES string of the molecule is OC[C@H]1OC(O)[C@H](OOc2cccc3ncn(Cc4ccc(-c5ccccc5)cc4)c23)[C@@H](O)[C@@H]1O. The van der Waals surface area contributed by atoms with Gasteiger partial charge in [0.15, 0.2) is 18.1 Å². The standard InChI is InChI=1S/C26H26N2O7/c29-14-21-23(30)24(31)25(26(32)33-21)35-34-20-8-4-7-19-22(20)28(15-27-19)13-16-9-11-18(12-10-16)17-5-2-1-3-6-17/h1-12,15,21,23-26,29-32H,13-14H2/t21-,23-,24+,25-,26?/m1/s1. The third-order valence-electron chi connectivity index (χ3n) is 6.11. The molecule has 5 rings (SSSR count). The van der Waals surface area contributed by atoms with Crippen LogP contribution in [0.5, 0.6) is 5.75 Å². The second kappa shape index (κ2) is 10.1. The molecule has 182 valence electrons. The average Bonchev–Trinajstić information content (AvgIpc) is 3.30. The molecule has 0 amide bonds. The lowest BCUT2D eigenvalue weighted by Gasteiger charge is -2.38. The Hall–Kier alpha value is -3.31. The Morgan fingerprint density at radius 1 is 0.857 bits per heavy atom. The van der Waals surface area contributed by atoms with Crippen molar-refractivity contribution in [1.29, 1.82) is 0 Å². The zero-order valence-electron chi connectivity index (χ0n) is 18.7. The largest absolute Gasteiger partial charge is 0.394 e. The van der Waals surface area contributed by atoms with Crippen molar-refractivity contribution in [1.82, 2.24) is 9.55 Å². The monoisotopic (exact) mass is 478 g/mol. The highest BCUT2D eigenvalue weighted by molar-refractivity contribution is 5.82.